The van der Waals surface area contributed by atoms with Crippen molar-refractivity contribution in [1.29, 1.82) is 0 Å². The predicted octanol–water partition coefficient (Wildman–Crippen LogP) is 2.62. The van der Waals surface area contributed by atoms with E-state index < -0.39 is 0 Å². The molecule has 1 aromatic carbocycles. The lowest BCUT2D eigenvalue weighted by Crippen LogP contribution is -2.37. The van der Waals surface area contributed by atoms with Crippen LogP contribution in [0.15, 0.2) is 30.5 Å². The Kier molecular flexibility index (Phi) is 6.17. The Bertz CT molecular complexity index is 689. The molecule has 1 aromatic heterocycles. The molecule has 0 spiro atoms. The van der Waals surface area contributed by atoms with Crippen LogP contribution in [0.25, 0.3) is 5.69 Å². The van der Waals surface area contributed by atoms with Crippen molar-refractivity contribution in [1.82, 2.24) is 25.6 Å². The Balaban J connectivity index is 1.45. The van der Waals surface area contributed by atoms with Gasteiger partial charge in [0, 0.05) is 19.1 Å². The molecule has 1 fully saturated rings. The molecule has 1 aliphatic carbocycles. The molecule has 0 radical (unpaired) electrons. The van der Waals surface area contributed by atoms with E-state index in [1.165, 1.54) is 38.5 Å². The maximum atomic E-state index is 12.2. The third kappa shape index (κ3) is 5.13. The topological polar surface area (TPSA) is 71.8 Å². The van der Waals surface area contributed by atoms with Crippen LogP contribution in [0, 0.1) is 6.92 Å². The molecule has 6 nitrogen and oxygen atoms in total. The number of aryl methyl sites for hydroxylation is 1. The van der Waals surface area contributed by atoms with Gasteiger partial charge in [0.25, 0.3) is 5.91 Å². The molecule has 1 aliphatic rings. The monoisotopic (exact) mass is 341 g/mol. The van der Waals surface area contributed by atoms with Crippen LogP contribution in [0.3, 0.4) is 0 Å². The molecule has 3 rings (SSSR count). The van der Waals surface area contributed by atoms with Crippen molar-refractivity contribution in [2.24, 2.45) is 0 Å². The van der Waals surface area contributed by atoms with Gasteiger partial charge in [-0.1, -0.05) is 43.0 Å². The Morgan fingerprint density at radius 1 is 1.20 bits per heavy atom. The summed E-state index contributed by atoms with van der Waals surface area (Å²) in [6, 6.07) is 8.54. The smallest absolute Gasteiger partial charge is 0.273 e. The highest BCUT2D eigenvalue weighted by molar-refractivity contribution is 5.91. The maximum Gasteiger partial charge on any atom is 0.273 e. The van der Waals surface area contributed by atoms with Gasteiger partial charge in [-0.05, 0) is 37.5 Å². The van der Waals surface area contributed by atoms with Gasteiger partial charge in [0.05, 0.1) is 11.9 Å². The number of carbonyl (C=O) groups excluding carboxylic acids is 1. The van der Waals surface area contributed by atoms with Crippen molar-refractivity contribution in [3.8, 4) is 5.69 Å². The van der Waals surface area contributed by atoms with E-state index in [2.05, 4.69) is 20.9 Å². The molecule has 2 N–H and O–H groups in total. The number of rotatable bonds is 6. The number of carbonyl (C=O) groups is 1. The highest BCUT2D eigenvalue weighted by Gasteiger charge is 2.13. The fourth-order valence-electron chi connectivity index (χ4n) is 3.29. The summed E-state index contributed by atoms with van der Waals surface area (Å²) in [4.78, 5) is 12.2. The minimum atomic E-state index is -0.179. The van der Waals surface area contributed by atoms with E-state index in [1.54, 1.807) is 10.9 Å². The summed E-state index contributed by atoms with van der Waals surface area (Å²) >= 11 is 0. The van der Waals surface area contributed by atoms with Crippen molar-refractivity contribution >= 4 is 5.91 Å². The lowest BCUT2D eigenvalue weighted by molar-refractivity contribution is 0.0948. The van der Waals surface area contributed by atoms with Gasteiger partial charge in [-0.25, -0.2) is 4.68 Å². The molecular weight excluding hydrogens is 314 g/mol. The van der Waals surface area contributed by atoms with Gasteiger partial charge in [-0.2, -0.15) is 0 Å². The van der Waals surface area contributed by atoms with Crippen molar-refractivity contribution in [3.63, 3.8) is 0 Å². The van der Waals surface area contributed by atoms with E-state index in [1.807, 2.05) is 31.2 Å². The number of nitrogens with zero attached hydrogens (tertiary/aromatic N) is 3. The molecule has 0 atom stereocenters. The second kappa shape index (κ2) is 8.76. The third-order valence-electron chi connectivity index (χ3n) is 4.69. The van der Waals surface area contributed by atoms with E-state index in [0.717, 1.165) is 17.8 Å². The van der Waals surface area contributed by atoms with Gasteiger partial charge in [0.1, 0.15) is 0 Å². The Labute approximate surface area is 149 Å². The average molecular weight is 341 g/mol. The van der Waals surface area contributed by atoms with Gasteiger partial charge < -0.3 is 10.6 Å². The normalized spacial score (nSPS) is 15.7. The number of amides is 1. The largest absolute Gasteiger partial charge is 0.349 e. The standard InChI is InChI=1S/C19H27N5O/c1-15-7-6-10-17(13-15)24-14-18(22-23-24)19(25)21-12-11-20-16-8-4-2-3-5-9-16/h6-7,10,13-14,16,20H,2-5,8-9,11-12H2,1H3,(H,21,25). The quantitative estimate of drug-likeness (QED) is 0.626. The summed E-state index contributed by atoms with van der Waals surface area (Å²) in [6.07, 6.45) is 9.50. The van der Waals surface area contributed by atoms with Crippen LogP contribution in [0.4, 0.5) is 0 Å². The molecule has 6 heteroatoms. The Morgan fingerprint density at radius 3 is 2.76 bits per heavy atom. The first-order valence-electron chi connectivity index (χ1n) is 9.23. The summed E-state index contributed by atoms with van der Waals surface area (Å²) in [5, 5.41) is 14.5. The van der Waals surface area contributed by atoms with Crippen LogP contribution < -0.4 is 10.6 Å². The summed E-state index contributed by atoms with van der Waals surface area (Å²) in [5.74, 6) is -0.179. The van der Waals surface area contributed by atoms with Crippen LogP contribution in [-0.4, -0.2) is 40.0 Å². The number of nitrogens with one attached hydrogen (secondary N) is 2. The first-order chi connectivity index (χ1) is 12.2. The average Bonchev–Trinajstić information content (AvgIpc) is 2.97. The van der Waals surface area contributed by atoms with Gasteiger partial charge >= 0.3 is 0 Å². The van der Waals surface area contributed by atoms with E-state index in [0.29, 0.717) is 18.3 Å². The fraction of sp³-hybridized carbons (Fsp3) is 0.526. The highest BCUT2D eigenvalue weighted by atomic mass is 16.2. The molecule has 25 heavy (non-hydrogen) atoms. The van der Waals surface area contributed by atoms with Gasteiger partial charge in [-0.3, -0.25) is 4.79 Å². The van der Waals surface area contributed by atoms with E-state index in [-0.39, 0.29) is 5.91 Å². The molecule has 0 unspecified atom stereocenters. The summed E-state index contributed by atoms with van der Waals surface area (Å²) in [6.45, 7) is 3.42. The number of benzene rings is 1. The zero-order chi connectivity index (χ0) is 17.5. The van der Waals surface area contributed by atoms with Crippen LogP contribution in [0.2, 0.25) is 0 Å². The number of hydrogen-bond donors (Lipinski definition) is 2. The first kappa shape index (κ1) is 17.6. The predicted molar refractivity (Wildman–Crippen MR) is 97.9 cm³/mol. The van der Waals surface area contributed by atoms with E-state index >= 15 is 0 Å². The minimum absolute atomic E-state index is 0.179. The summed E-state index contributed by atoms with van der Waals surface area (Å²) in [5.41, 5.74) is 2.39. The minimum Gasteiger partial charge on any atom is -0.349 e. The second-order valence-corrected chi connectivity index (χ2v) is 6.79. The van der Waals surface area contributed by atoms with Crippen LogP contribution in [0.1, 0.15) is 54.6 Å². The van der Waals surface area contributed by atoms with E-state index in [4.69, 9.17) is 0 Å². The second-order valence-electron chi connectivity index (χ2n) is 6.79. The molecule has 134 valence electrons. The van der Waals surface area contributed by atoms with Crippen LogP contribution >= 0.6 is 0 Å². The van der Waals surface area contributed by atoms with Crippen molar-refractivity contribution in [2.75, 3.05) is 13.1 Å². The first-order valence-corrected chi connectivity index (χ1v) is 9.23. The van der Waals surface area contributed by atoms with Gasteiger partial charge in [0.15, 0.2) is 5.69 Å². The molecule has 2 aromatic rings. The van der Waals surface area contributed by atoms with Crippen molar-refractivity contribution in [3.05, 3.63) is 41.7 Å². The van der Waals surface area contributed by atoms with Crippen LogP contribution in [0.5, 0.6) is 0 Å². The molecule has 1 amide bonds. The van der Waals surface area contributed by atoms with Crippen molar-refractivity contribution in [2.45, 2.75) is 51.5 Å². The fourth-order valence-corrected chi connectivity index (χ4v) is 3.29. The highest BCUT2D eigenvalue weighted by Crippen LogP contribution is 2.16. The van der Waals surface area contributed by atoms with Crippen LogP contribution in [-0.2, 0) is 0 Å². The summed E-state index contributed by atoms with van der Waals surface area (Å²) in [7, 11) is 0. The van der Waals surface area contributed by atoms with Gasteiger partial charge in [0.2, 0.25) is 0 Å². The number of hydrogen-bond acceptors (Lipinski definition) is 4. The summed E-state index contributed by atoms with van der Waals surface area (Å²) < 4.78 is 1.63. The molecular formula is C19H27N5O. The Hall–Kier alpha value is -2.21. The lowest BCUT2D eigenvalue weighted by atomic mass is 10.1. The SMILES string of the molecule is Cc1cccc(-n2cc(C(=O)NCCNC3CCCCCC3)nn2)c1. The third-order valence-corrected chi connectivity index (χ3v) is 4.69. The number of aromatic nitrogens is 3. The molecule has 0 saturated heterocycles. The van der Waals surface area contributed by atoms with Crippen molar-refractivity contribution < 1.29 is 4.79 Å². The molecule has 1 saturated carbocycles. The zero-order valence-corrected chi connectivity index (χ0v) is 14.9. The molecule has 0 aliphatic heterocycles. The lowest BCUT2D eigenvalue weighted by Gasteiger charge is -2.16. The maximum absolute atomic E-state index is 12.2. The molecule has 0 bridgehead atoms. The molecule has 1 heterocycles. The van der Waals surface area contributed by atoms with E-state index in [9.17, 15) is 4.79 Å². The Morgan fingerprint density at radius 2 is 2.00 bits per heavy atom. The zero-order valence-electron chi connectivity index (χ0n) is 14.9. The van der Waals surface area contributed by atoms with Gasteiger partial charge in [-0.15, -0.1) is 5.10 Å².